The molecule has 2 aromatic rings. The van der Waals surface area contributed by atoms with E-state index in [9.17, 15) is 14.4 Å². The van der Waals surface area contributed by atoms with Gasteiger partial charge in [-0.15, -0.1) is 0 Å². The van der Waals surface area contributed by atoms with Gasteiger partial charge in [-0.3, -0.25) is 25.2 Å². The molecule has 0 radical (unpaired) electrons. The summed E-state index contributed by atoms with van der Waals surface area (Å²) < 4.78 is 10.2. The van der Waals surface area contributed by atoms with Crippen molar-refractivity contribution in [1.82, 2.24) is 16.2 Å². The highest BCUT2D eigenvalue weighted by atomic mass is 16.5. The molecule has 8 nitrogen and oxygen atoms in total. The summed E-state index contributed by atoms with van der Waals surface area (Å²) in [6.45, 7) is 1.51. The predicted octanol–water partition coefficient (Wildman–Crippen LogP) is 1.28. The molecular weight excluding hydrogens is 350 g/mol. The number of ether oxygens (including phenoxy) is 2. The van der Waals surface area contributed by atoms with Crippen LogP contribution >= 0.6 is 0 Å². The molecule has 8 heteroatoms. The molecule has 0 aromatic heterocycles. The number of methoxy groups -OCH3 is 2. The highest BCUT2D eigenvalue weighted by Crippen LogP contribution is 2.27. The molecule has 2 rings (SSSR count). The third-order valence-corrected chi connectivity index (χ3v) is 3.72. The Morgan fingerprint density at radius 1 is 0.815 bits per heavy atom. The lowest BCUT2D eigenvalue weighted by atomic mass is 10.2. The molecule has 0 saturated carbocycles. The second-order valence-electron chi connectivity index (χ2n) is 5.57. The Morgan fingerprint density at radius 2 is 1.48 bits per heavy atom. The fourth-order valence-corrected chi connectivity index (χ4v) is 2.21. The van der Waals surface area contributed by atoms with Crippen molar-refractivity contribution in [2.24, 2.45) is 0 Å². The maximum absolute atomic E-state index is 12.2. The molecule has 0 saturated heterocycles. The van der Waals surface area contributed by atoms with Crippen LogP contribution in [0.3, 0.4) is 0 Å². The topological polar surface area (TPSA) is 106 Å². The minimum atomic E-state index is -0.844. The van der Waals surface area contributed by atoms with Crippen LogP contribution in [-0.4, -0.2) is 38.0 Å². The number of hydrogen-bond donors (Lipinski definition) is 3. The fourth-order valence-electron chi connectivity index (χ4n) is 2.21. The second kappa shape index (κ2) is 9.23. The summed E-state index contributed by atoms with van der Waals surface area (Å²) in [5.41, 5.74) is 5.28. The van der Waals surface area contributed by atoms with Crippen molar-refractivity contribution in [3.63, 3.8) is 0 Å². The van der Waals surface area contributed by atoms with E-state index < -0.39 is 17.9 Å². The molecule has 142 valence electrons. The number of amides is 3. The molecule has 2 aromatic carbocycles. The van der Waals surface area contributed by atoms with Crippen LogP contribution in [0.2, 0.25) is 0 Å². The first-order valence-electron chi connectivity index (χ1n) is 8.14. The number of nitrogens with one attached hydrogen (secondary N) is 3. The van der Waals surface area contributed by atoms with Gasteiger partial charge in [0, 0.05) is 11.1 Å². The zero-order chi connectivity index (χ0) is 19.8. The van der Waals surface area contributed by atoms with Gasteiger partial charge in [-0.1, -0.05) is 18.2 Å². The van der Waals surface area contributed by atoms with E-state index in [1.54, 1.807) is 36.4 Å². The van der Waals surface area contributed by atoms with Crippen LogP contribution in [-0.2, 0) is 4.79 Å². The van der Waals surface area contributed by atoms with Crippen molar-refractivity contribution in [2.75, 3.05) is 14.2 Å². The standard InChI is InChI=1S/C19H21N3O5/c1-12(20-18(24)13-7-5-4-6-8-13)17(23)21-22-19(25)14-9-10-15(26-2)16(11-14)27-3/h4-12H,1-3H3,(H,20,24)(H,21,23)(H,22,25). The van der Waals surface area contributed by atoms with E-state index >= 15 is 0 Å². The van der Waals surface area contributed by atoms with Crippen LogP contribution in [0, 0.1) is 0 Å². The van der Waals surface area contributed by atoms with Crippen molar-refractivity contribution in [1.29, 1.82) is 0 Å². The van der Waals surface area contributed by atoms with Crippen molar-refractivity contribution in [2.45, 2.75) is 13.0 Å². The first-order chi connectivity index (χ1) is 13.0. The molecule has 1 unspecified atom stereocenters. The quantitative estimate of drug-likeness (QED) is 0.664. The Kier molecular flexibility index (Phi) is 6.76. The van der Waals surface area contributed by atoms with Gasteiger partial charge < -0.3 is 14.8 Å². The highest BCUT2D eigenvalue weighted by Gasteiger charge is 2.18. The van der Waals surface area contributed by atoms with Crippen LogP contribution < -0.4 is 25.6 Å². The Morgan fingerprint density at radius 3 is 2.11 bits per heavy atom. The Bertz CT molecular complexity index is 823. The van der Waals surface area contributed by atoms with Crippen molar-refractivity contribution in [3.05, 3.63) is 59.7 Å². The monoisotopic (exact) mass is 371 g/mol. The Labute approximate surface area is 156 Å². The van der Waals surface area contributed by atoms with Gasteiger partial charge in [-0.25, -0.2) is 0 Å². The van der Waals surface area contributed by atoms with Gasteiger partial charge in [0.2, 0.25) is 0 Å². The van der Waals surface area contributed by atoms with Crippen LogP contribution in [0.5, 0.6) is 11.5 Å². The van der Waals surface area contributed by atoms with Crippen LogP contribution in [0.25, 0.3) is 0 Å². The minimum absolute atomic E-state index is 0.272. The zero-order valence-electron chi connectivity index (χ0n) is 15.2. The van der Waals surface area contributed by atoms with E-state index in [1.807, 2.05) is 0 Å². The summed E-state index contributed by atoms with van der Waals surface area (Å²) in [7, 11) is 2.95. The van der Waals surface area contributed by atoms with Gasteiger partial charge in [-0.05, 0) is 37.3 Å². The first kappa shape index (κ1) is 19.8. The van der Waals surface area contributed by atoms with Gasteiger partial charge in [0.25, 0.3) is 17.7 Å². The molecular formula is C19H21N3O5. The maximum atomic E-state index is 12.2. The second-order valence-corrected chi connectivity index (χ2v) is 5.57. The molecule has 1 atom stereocenters. The first-order valence-corrected chi connectivity index (χ1v) is 8.14. The molecule has 0 aliphatic heterocycles. The summed E-state index contributed by atoms with van der Waals surface area (Å²) in [4.78, 5) is 36.3. The number of benzene rings is 2. The summed E-state index contributed by atoms with van der Waals surface area (Å²) in [5.74, 6) is -0.612. The summed E-state index contributed by atoms with van der Waals surface area (Å²) in [6, 6.07) is 12.3. The van der Waals surface area contributed by atoms with Gasteiger partial charge in [0.15, 0.2) is 11.5 Å². The summed E-state index contributed by atoms with van der Waals surface area (Å²) in [6.07, 6.45) is 0. The number of rotatable bonds is 6. The SMILES string of the molecule is COc1ccc(C(=O)NNC(=O)C(C)NC(=O)c2ccccc2)cc1OC. The summed E-state index contributed by atoms with van der Waals surface area (Å²) in [5, 5.41) is 2.55. The lowest BCUT2D eigenvalue weighted by molar-refractivity contribution is -0.123. The molecule has 0 spiro atoms. The number of hydrazine groups is 1. The molecule has 3 amide bonds. The van der Waals surface area contributed by atoms with Crippen molar-refractivity contribution in [3.8, 4) is 11.5 Å². The number of carbonyl (C=O) groups excluding carboxylic acids is 3. The smallest absolute Gasteiger partial charge is 0.269 e. The van der Waals surface area contributed by atoms with Crippen LogP contribution in [0.1, 0.15) is 27.6 Å². The van der Waals surface area contributed by atoms with E-state index in [4.69, 9.17) is 9.47 Å². The fraction of sp³-hybridized carbons (Fsp3) is 0.211. The number of carbonyl (C=O) groups is 3. The zero-order valence-corrected chi connectivity index (χ0v) is 15.2. The predicted molar refractivity (Wildman–Crippen MR) is 98.5 cm³/mol. The molecule has 0 fully saturated rings. The lowest BCUT2D eigenvalue weighted by Gasteiger charge is -2.15. The minimum Gasteiger partial charge on any atom is -0.493 e. The van der Waals surface area contributed by atoms with Crippen molar-refractivity contribution < 1.29 is 23.9 Å². The molecule has 0 aliphatic rings. The van der Waals surface area contributed by atoms with E-state index in [2.05, 4.69) is 16.2 Å². The van der Waals surface area contributed by atoms with E-state index in [0.29, 0.717) is 17.1 Å². The van der Waals surface area contributed by atoms with Gasteiger partial charge in [-0.2, -0.15) is 0 Å². The highest BCUT2D eigenvalue weighted by molar-refractivity contribution is 5.99. The largest absolute Gasteiger partial charge is 0.493 e. The molecule has 0 heterocycles. The summed E-state index contributed by atoms with van der Waals surface area (Å²) >= 11 is 0. The van der Waals surface area contributed by atoms with Crippen LogP contribution in [0.4, 0.5) is 0 Å². The third kappa shape index (κ3) is 5.21. The van der Waals surface area contributed by atoms with Gasteiger partial charge in [0.05, 0.1) is 14.2 Å². The van der Waals surface area contributed by atoms with E-state index in [0.717, 1.165) is 0 Å². The average Bonchev–Trinajstić information content (AvgIpc) is 2.71. The number of hydrogen-bond acceptors (Lipinski definition) is 5. The molecule has 0 aliphatic carbocycles. The molecule has 3 N–H and O–H groups in total. The lowest BCUT2D eigenvalue weighted by Crippen LogP contribution is -2.51. The Hall–Kier alpha value is -3.55. The Balaban J connectivity index is 1.90. The third-order valence-electron chi connectivity index (χ3n) is 3.72. The van der Waals surface area contributed by atoms with E-state index in [1.165, 1.54) is 33.3 Å². The maximum Gasteiger partial charge on any atom is 0.269 e. The van der Waals surface area contributed by atoms with Gasteiger partial charge in [0.1, 0.15) is 6.04 Å². The molecule has 27 heavy (non-hydrogen) atoms. The normalized spacial score (nSPS) is 11.1. The average molecular weight is 371 g/mol. The van der Waals surface area contributed by atoms with Crippen LogP contribution in [0.15, 0.2) is 48.5 Å². The van der Waals surface area contributed by atoms with E-state index in [-0.39, 0.29) is 11.5 Å². The van der Waals surface area contributed by atoms with Crippen molar-refractivity contribution >= 4 is 17.7 Å². The molecule has 0 bridgehead atoms. The van der Waals surface area contributed by atoms with Gasteiger partial charge >= 0.3 is 0 Å².